The number of nitrogens with zero attached hydrogens (tertiary/aromatic N) is 3. The molecule has 0 fully saturated rings. The zero-order valence-corrected chi connectivity index (χ0v) is 21.1. The van der Waals surface area contributed by atoms with Crippen molar-refractivity contribution in [1.29, 1.82) is 0 Å². The van der Waals surface area contributed by atoms with E-state index in [1.165, 1.54) is 0 Å². The molecule has 1 atom stereocenters. The Balaban J connectivity index is 1.56. The highest BCUT2D eigenvalue weighted by Crippen LogP contribution is 2.35. The summed E-state index contributed by atoms with van der Waals surface area (Å²) in [6.45, 7) is 8.49. The molecule has 35 heavy (non-hydrogen) atoms. The fraction of sp³-hybridized carbons (Fsp3) is 0.250. The van der Waals surface area contributed by atoms with Crippen LogP contribution in [0, 0.1) is 20.8 Å². The molecule has 0 radical (unpaired) electrons. The van der Waals surface area contributed by atoms with Gasteiger partial charge in [0.15, 0.2) is 0 Å². The molecular formula is C28H28N4O2S. The van der Waals surface area contributed by atoms with Crippen LogP contribution < -0.4 is 10.2 Å². The van der Waals surface area contributed by atoms with E-state index in [4.69, 9.17) is 5.10 Å². The molecule has 7 heteroatoms. The van der Waals surface area contributed by atoms with Crippen molar-refractivity contribution < 1.29 is 9.59 Å². The van der Waals surface area contributed by atoms with Gasteiger partial charge in [0.25, 0.3) is 5.91 Å². The molecule has 0 unspecified atom stereocenters. The summed E-state index contributed by atoms with van der Waals surface area (Å²) in [6.07, 6.45) is 0. The molecule has 6 nitrogen and oxygen atoms in total. The minimum atomic E-state index is -1.16. The largest absolute Gasteiger partial charge is 0.350 e. The highest BCUT2D eigenvalue weighted by molar-refractivity contribution is 7.13. The van der Waals surface area contributed by atoms with Gasteiger partial charge < -0.3 is 5.32 Å². The number of hydrogen-bond donors (Lipinski definition) is 1. The van der Waals surface area contributed by atoms with E-state index in [1.807, 2.05) is 81.6 Å². The monoisotopic (exact) mass is 484 g/mol. The van der Waals surface area contributed by atoms with Gasteiger partial charge in [-0.2, -0.15) is 5.10 Å². The third-order valence-electron chi connectivity index (χ3n) is 6.42. The van der Waals surface area contributed by atoms with E-state index >= 15 is 0 Å². The van der Waals surface area contributed by atoms with Gasteiger partial charge in [-0.1, -0.05) is 42.0 Å². The second-order valence-corrected chi connectivity index (χ2v) is 10.4. The zero-order valence-electron chi connectivity index (χ0n) is 20.3. The lowest BCUT2D eigenvalue weighted by Crippen LogP contribution is -2.64. The minimum absolute atomic E-state index is 0.217. The molecule has 1 aliphatic rings. The second kappa shape index (κ2) is 8.82. The first-order valence-corrected chi connectivity index (χ1v) is 12.5. The lowest BCUT2D eigenvalue weighted by atomic mass is 9.93. The third kappa shape index (κ3) is 4.28. The van der Waals surface area contributed by atoms with Crippen molar-refractivity contribution in [3.05, 3.63) is 94.0 Å². The Labute approximate surface area is 209 Å². The van der Waals surface area contributed by atoms with Crippen molar-refractivity contribution in [2.75, 3.05) is 4.90 Å². The fourth-order valence-corrected chi connectivity index (χ4v) is 5.49. The first-order valence-electron chi connectivity index (χ1n) is 11.6. The van der Waals surface area contributed by atoms with Crippen LogP contribution in [0.1, 0.15) is 39.7 Å². The van der Waals surface area contributed by atoms with Crippen LogP contribution in [0.15, 0.2) is 66.0 Å². The molecule has 0 saturated heterocycles. The van der Waals surface area contributed by atoms with Gasteiger partial charge in [0.05, 0.1) is 11.4 Å². The van der Waals surface area contributed by atoms with Gasteiger partial charge >= 0.3 is 0 Å². The third-order valence-corrected chi connectivity index (χ3v) is 7.31. The molecule has 1 aliphatic heterocycles. The van der Waals surface area contributed by atoms with E-state index < -0.39 is 5.54 Å². The van der Waals surface area contributed by atoms with E-state index in [-0.39, 0.29) is 18.4 Å². The maximum absolute atomic E-state index is 14.0. The Morgan fingerprint density at radius 3 is 2.49 bits per heavy atom. The van der Waals surface area contributed by atoms with Crippen LogP contribution in [0.4, 0.5) is 5.69 Å². The molecule has 0 aliphatic carbocycles. The lowest BCUT2D eigenvalue weighted by molar-refractivity contribution is -0.126. The van der Waals surface area contributed by atoms with Crippen molar-refractivity contribution in [1.82, 2.24) is 15.1 Å². The number of anilines is 1. The van der Waals surface area contributed by atoms with Crippen molar-refractivity contribution in [2.24, 2.45) is 0 Å². The van der Waals surface area contributed by atoms with Crippen LogP contribution in [0.2, 0.25) is 0 Å². The number of hydrogen-bond acceptors (Lipinski definition) is 4. The molecule has 5 rings (SSSR count). The summed E-state index contributed by atoms with van der Waals surface area (Å²) in [5, 5.41) is 9.78. The molecule has 1 N–H and O–H groups in total. The highest BCUT2D eigenvalue weighted by atomic mass is 32.1. The van der Waals surface area contributed by atoms with E-state index in [0.29, 0.717) is 17.9 Å². The summed E-state index contributed by atoms with van der Waals surface area (Å²) in [7, 11) is 0. The van der Waals surface area contributed by atoms with Gasteiger partial charge in [-0.25, -0.2) is 0 Å². The van der Waals surface area contributed by atoms with E-state index in [1.54, 1.807) is 20.9 Å². The predicted octanol–water partition coefficient (Wildman–Crippen LogP) is 5.27. The Morgan fingerprint density at radius 2 is 1.80 bits per heavy atom. The summed E-state index contributed by atoms with van der Waals surface area (Å²) in [4.78, 5) is 30.4. The molecule has 2 amide bonds. The van der Waals surface area contributed by atoms with Crippen LogP contribution in [-0.2, 0) is 17.9 Å². The maximum Gasteiger partial charge on any atom is 0.277 e. The van der Waals surface area contributed by atoms with E-state index in [0.717, 1.165) is 32.8 Å². The van der Waals surface area contributed by atoms with E-state index in [2.05, 4.69) is 17.4 Å². The molecule has 178 valence electrons. The van der Waals surface area contributed by atoms with Gasteiger partial charge in [-0.3, -0.25) is 19.2 Å². The fourth-order valence-electron chi connectivity index (χ4n) is 4.81. The number of nitrogens with one attached hydrogen (secondary N) is 1. The molecule has 0 spiro atoms. The number of carbonyl (C=O) groups is 2. The van der Waals surface area contributed by atoms with Crippen LogP contribution in [0.3, 0.4) is 0 Å². The smallest absolute Gasteiger partial charge is 0.277 e. The number of thiophene rings is 1. The number of aryl methyl sites for hydroxylation is 3. The number of benzene rings is 2. The summed E-state index contributed by atoms with van der Waals surface area (Å²) < 4.78 is 1.68. The first kappa shape index (κ1) is 23.1. The minimum Gasteiger partial charge on any atom is -0.350 e. The van der Waals surface area contributed by atoms with E-state index in [9.17, 15) is 9.59 Å². The normalized spacial score (nSPS) is 17.4. The number of amides is 2. The first-order chi connectivity index (χ1) is 16.7. The van der Waals surface area contributed by atoms with Crippen LogP contribution in [-0.4, -0.2) is 27.1 Å². The molecule has 2 aromatic heterocycles. The molecular weight excluding hydrogens is 456 g/mol. The molecule has 0 bridgehead atoms. The topological polar surface area (TPSA) is 67.2 Å². The van der Waals surface area contributed by atoms with Gasteiger partial charge in [0, 0.05) is 12.2 Å². The van der Waals surface area contributed by atoms with Crippen molar-refractivity contribution in [2.45, 2.75) is 46.3 Å². The summed E-state index contributed by atoms with van der Waals surface area (Å²) in [6, 6.07) is 19.8. The average Bonchev–Trinajstić information content (AvgIpc) is 3.47. The Kier molecular flexibility index (Phi) is 5.81. The average molecular weight is 485 g/mol. The number of fused-ring (bicyclic) bond motifs is 1. The zero-order chi connectivity index (χ0) is 24.7. The SMILES string of the molecule is Cc1cccc(CNC(=O)[C@@]2(C)Cn3nc(-c4cccs4)cc3C(=O)N2c2cc(C)cc(C)c2)c1. The summed E-state index contributed by atoms with van der Waals surface area (Å²) in [5.41, 5.74) is 5.00. The molecule has 2 aromatic carbocycles. The quantitative estimate of drug-likeness (QED) is 0.420. The summed E-state index contributed by atoms with van der Waals surface area (Å²) in [5.74, 6) is -0.449. The van der Waals surface area contributed by atoms with Crippen LogP contribution in [0.5, 0.6) is 0 Å². The number of carbonyl (C=O) groups excluding carboxylic acids is 2. The van der Waals surface area contributed by atoms with Gasteiger partial charge in [-0.05, 0) is 74.0 Å². The summed E-state index contributed by atoms with van der Waals surface area (Å²) >= 11 is 1.57. The van der Waals surface area contributed by atoms with Crippen LogP contribution >= 0.6 is 11.3 Å². The number of rotatable bonds is 5. The predicted molar refractivity (Wildman–Crippen MR) is 140 cm³/mol. The van der Waals surface area contributed by atoms with Crippen molar-refractivity contribution >= 4 is 28.8 Å². The lowest BCUT2D eigenvalue weighted by Gasteiger charge is -2.43. The van der Waals surface area contributed by atoms with Gasteiger partial charge in [-0.15, -0.1) is 11.3 Å². The Bertz CT molecular complexity index is 1400. The molecule has 4 aromatic rings. The second-order valence-electron chi connectivity index (χ2n) is 9.48. The number of aromatic nitrogens is 2. The standard InChI is InChI=1S/C28H28N4O2S/c1-18-7-5-8-21(12-18)16-29-27(34)28(4)17-31-24(15-23(30-31)25-9-6-10-35-25)26(33)32(28)22-13-19(2)11-20(3)14-22/h5-15H,16-17H2,1-4H3,(H,29,34)/t28-/m1/s1. The Hall–Kier alpha value is -3.71. The van der Waals surface area contributed by atoms with Gasteiger partial charge in [0.2, 0.25) is 5.91 Å². The molecule has 3 heterocycles. The van der Waals surface area contributed by atoms with Gasteiger partial charge in [0.1, 0.15) is 16.9 Å². The van der Waals surface area contributed by atoms with Crippen molar-refractivity contribution in [3.8, 4) is 10.6 Å². The highest BCUT2D eigenvalue weighted by Gasteiger charge is 2.49. The Morgan fingerprint density at radius 1 is 1.03 bits per heavy atom. The van der Waals surface area contributed by atoms with Crippen molar-refractivity contribution in [3.63, 3.8) is 0 Å². The maximum atomic E-state index is 14.0. The molecule has 0 saturated carbocycles. The van der Waals surface area contributed by atoms with Crippen LogP contribution in [0.25, 0.3) is 10.6 Å².